The zero-order valence-corrected chi connectivity index (χ0v) is 34.2. The number of aromatic nitrogens is 4. The van der Waals surface area contributed by atoms with Crippen molar-refractivity contribution in [2.75, 3.05) is 40.7 Å². The number of methoxy groups -OCH3 is 3. The van der Waals surface area contributed by atoms with Gasteiger partial charge in [0.25, 0.3) is 0 Å². The molecule has 4 aromatic rings. The number of imidazole rings is 2. The maximum atomic E-state index is 13.8. The predicted octanol–water partition coefficient (Wildman–Crippen LogP) is 5.94. The third kappa shape index (κ3) is 9.12. The van der Waals surface area contributed by atoms with Gasteiger partial charge in [0.1, 0.15) is 23.7 Å². The van der Waals surface area contributed by atoms with E-state index >= 15 is 0 Å². The van der Waals surface area contributed by atoms with Gasteiger partial charge in [0.2, 0.25) is 11.8 Å². The summed E-state index contributed by atoms with van der Waals surface area (Å²) in [5.74, 6) is 0.877. The molecule has 2 aliphatic heterocycles. The van der Waals surface area contributed by atoms with Crippen molar-refractivity contribution in [2.24, 2.45) is 5.92 Å². The van der Waals surface area contributed by atoms with E-state index in [1.807, 2.05) is 49.3 Å². The van der Waals surface area contributed by atoms with Gasteiger partial charge in [0.05, 0.1) is 56.2 Å². The van der Waals surface area contributed by atoms with Crippen molar-refractivity contribution in [1.29, 1.82) is 0 Å². The number of amides is 4. The number of ether oxygens (including phenoxy) is 3. The molecule has 2 fully saturated rings. The first-order chi connectivity index (χ1) is 27.5. The summed E-state index contributed by atoms with van der Waals surface area (Å²) in [6.45, 7) is 6.64. The van der Waals surface area contributed by atoms with Gasteiger partial charge in [-0.2, -0.15) is 11.8 Å². The van der Waals surface area contributed by atoms with E-state index in [0.717, 1.165) is 52.9 Å². The van der Waals surface area contributed by atoms with Crippen LogP contribution in [0.25, 0.3) is 33.6 Å². The molecule has 0 radical (unpaired) electrons. The molecule has 2 aliphatic rings. The van der Waals surface area contributed by atoms with Crippen molar-refractivity contribution in [1.82, 2.24) is 40.4 Å². The van der Waals surface area contributed by atoms with E-state index in [-0.39, 0.29) is 35.1 Å². The second-order valence-corrected chi connectivity index (χ2v) is 15.9. The zero-order chi connectivity index (χ0) is 40.8. The molecule has 15 nitrogen and oxygen atoms in total. The van der Waals surface area contributed by atoms with Gasteiger partial charge in [0.15, 0.2) is 0 Å². The summed E-state index contributed by atoms with van der Waals surface area (Å²) in [6, 6.07) is 14.3. The van der Waals surface area contributed by atoms with Crippen LogP contribution in [0.3, 0.4) is 0 Å². The molecule has 0 aliphatic carbocycles. The lowest BCUT2D eigenvalue weighted by Gasteiger charge is -2.30. The van der Waals surface area contributed by atoms with Crippen molar-refractivity contribution in [3.05, 3.63) is 72.6 Å². The quantitative estimate of drug-likeness (QED) is 0.126. The summed E-state index contributed by atoms with van der Waals surface area (Å²) < 4.78 is 14.9. The largest absolute Gasteiger partial charge is 0.453 e. The minimum absolute atomic E-state index is 0.124. The van der Waals surface area contributed by atoms with Gasteiger partial charge in [-0.05, 0) is 60.6 Å². The molecule has 1 unspecified atom stereocenters. The molecule has 6 rings (SSSR count). The number of benzene rings is 2. The fourth-order valence-electron chi connectivity index (χ4n) is 7.53. The van der Waals surface area contributed by atoms with Crippen LogP contribution in [0.1, 0.15) is 63.8 Å². The molecule has 0 saturated carbocycles. The standard InChI is InChI=1S/C41H52N8O7S/c1-23(2)34(46-40(52)55-5)38(50)49-22-29(57-7)19-33(49)37-43-21-31(45-37)28-16-12-26(13-17-28)25-10-14-27(15-11-25)30-20-42-36(44-30)32-9-8-18-48(32)39(51)35(24(3)54-4)47-41(53)56-6/h10-17,20-21,23-24,29,32-35H,8-9,18-19,22H2,1-7H3,(H,42,44)(H,43,45)(H,46,52)(H,47,53)/t24?,29-,32-,33-,34-,35-/m0/s1. The Labute approximate surface area is 337 Å². The molecule has 6 atom stereocenters. The Balaban J connectivity index is 1.12. The molecule has 2 saturated heterocycles. The number of carbonyl (C=O) groups is 4. The fourth-order valence-corrected chi connectivity index (χ4v) is 8.22. The van der Waals surface area contributed by atoms with Crippen LogP contribution in [0, 0.1) is 5.92 Å². The van der Waals surface area contributed by atoms with Crippen LogP contribution in [-0.2, 0) is 23.8 Å². The second-order valence-electron chi connectivity index (χ2n) is 14.7. The Bertz CT molecular complexity index is 2020. The van der Waals surface area contributed by atoms with Gasteiger partial charge in [-0.15, -0.1) is 0 Å². The Morgan fingerprint density at radius 2 is 1.23 bits per heavy atom. The van der Waals surface area contributed by atoms with Crippen molar-refractivity contribution in [3.8, 4) is 33.6 Å². The molecule has 16 heteroatoms. The predicted molar refractivity (Wildman–Crippen MR) is 217 cm³/mol. The maximum Gasteiger partial charge on any atom is 0.407 e. The third-order valence-electron chi connectivity index (χ3n) is 10.9. The fraction of sp³-hybridized carbons (Fsp3) is 0.463. The highest BCUT2D eigenvalue weighted by Crippen LogP contribution is 2.38. The van der Waals surface area contributed by atoms with Gasteiger partial charge in [0, 0.05) is 25.4 Å². The number of carbonyl (C=O) groups excluding carboxylic acids is 4. The summed E-state index contributed by atoms with van der Waals surface area (Å²) in [7, 11) is 4.05. The highest BCUT2D eigenvalue weighted by molar-refractivity contribution is 7.99. The first-order valence-corrected chi connectivity index (χ1v) is 20.4. The third-order valence-corrected chi connectivity index (χ3v) is 11.9. The number of likely N-dealkylation sites (tertiary alicyclic amines) is 2. The molecule has 4 N–H and O–H groups in total. The van der Waals surface area contributed by atoms with Crippen molar-refractivity contribution in [2.45, 2.75) is 75.6 Å². The summed E-state index contributed by atoms with van der Waals surface area (Å²) in [6.07, 6.45) is 6.05. The molecule has 2 aromatic heterocycles. The minimum atomic E-state index is -0.897. The van der Waals surface area contributed by atoms with Gasteiger partial charge in [-0.3, -0.25) is 9.59 Å². The van der Waals surface area contributed by atoms with Crippen molar-refractivity contribution >= 4 is 35.8 Å². The Morgan fingerprint density at radius 1 is 0.737 bits per heavy atom. The number of hydrogen-bond acceptors (Lipinski definition) is 10. The van der Waals surface area contributed by atoms with Crippen LogP contribution in [-0.4, -0.2) is 118 Å². The number of alkyl carbamates (subject to hydrolysis) is 2. The number of H-pyrrole nitrogens is 2. The number of hydrogen-bond donors (Lipinski definition) is 4. The molecule has 0 spiro atoms. The SMILES string of the molecule is COC(=O)N[C@H](C(=O)N1C[C@@H](SC)C[C@H]1c1ncc(-c2ccc(-c3ccc(-c4cnc([C@@H]5CCCN5C(=O)[C@@H](NC(=O)OC)C(C)OC)[nH]4)cc3)cc2)[nH]1)C(C)C. The lowest BCUT2D eigenvalue weighted by molar-refractivity contribution is -0.137. The molecule has 0 bridgehead atoms. The average Bonchev–Trinajstić information content (AvgIpc) is 4.07. The van der Waals surface area contributed by atoms with Crippen LogP contribution in [0.15, 0.2) is 60.9 Å². The van der Waals surface area contributed by atoms with Gasteiger partial charge in [-0.1, -0.05) is 62.4 Å². The van der Waals surface area contributed by atoms with Crippen molar-refractivity contribution < 1.29 is 33.4 Å². The highest BCUT2D eigenvalue weighted by Gasteiger charge is 2.42. The Morgan fingerprint density at radius 3 is 1.72 bits per heavy atom. The number of nitrogens with one attached hydrogen (secondary N) is 4. The molecule has 4 amide bonds. The smallest absolute Gasteiger partial charge is 0.407 e. The van der Waals surface area contributed by atoms with Crippen LogP contribution >= 0.6 is 11.8 Å². The van der Waals surface area contributed by atoms with E-state index in [2.05, 4.69) is 49.9 Å². The van der Waals surface area contributed by atoms with E-state index in [1.165, 1.54) is 21.3 Å². The lowest BCUT2D eigenvalue weighted by Crippen LogP contribution is -2.54. The van der Waals surface area contributed by atoms with Gasteiger partial charge < -0.3 is 44.6 Å². The Hall–Kier alpha value is -5.35. The lowest BCUT2D eigenvalue weighted by atomic mass is 10.0. The first kappa shape index (κ1) is 41.3. The molecular formula is C41H52N8O7S. The van der Waals surface area contributed by atoms with Crippen LogP contribution < -0.4 is 10.6 Å². The number of aromatic amines is 2. The Kier molecular flexibility index (Phi) is 13.2. The van der Waals surface area contributed by atoms with Gasteiger partial charge in [-0.25, -0.2) is 19.6 Å². The topological polar surface area (TPSA) is 184 Å². The number of nitrogens with zero attached hydrogens (tertiary/aromatic N) is 4. The molecule has 304 valence electrons. The van der Waals surface area contributed by atoms with E-state index in [0.29, 0.717) is 24.7 Å². The van der Waals surface area contributed by atoms with Crippen LogP contribution in [0.4, 0.5) is 9.59 Å². The minimum Gasteiger partial charge on any atom is -0.453 e. The van der Waals surface area contributed by atoms with E-state index in [1.54, 1.807) is 36.0 Å². The van der Waals surface area contributed by atoms with E-state index in [9.17, 15) is 19.2 Å². The monoisotopic (exact) mass is 800 g/mol. The maximum absolute atomic E-state index is 13.8. The van der Waals surface area contributed by atoms with Crippen LogP contribution in [0.2, 0.25) is 0 Å². The molecule has 57 heavy (non-hydrogen) atoms. The summed E-state index contributed by atoms with van der Waals surface area (Å²) in [5, 5.41) is 5.58. The van der Waals surface area contributed by atoms with E-state index in [4.69, 9.17) is 19.2 Å². The molecule has 4 heterocycles. The highest BCUT2D eigenvalue weighted by atomic mass is 32.2. The van der Waals surface area contributed by atoms with Crippen molar-refractivity contribution in [3.63, 3.8) is 0 Å². The molecular weight excluding hydrogens is 749 g/mol. The van der Waals surface area contributed by atoms with Gasteiger partial charge >= 0.3 is 12.2 Å². The summed E-state index contributed by atoms with van der Waals surface area (Å²) in [4.78, 5) is 71.3. The second kappa shape index (κ2) is 18.3. The first-order valence-electron chi connectivity index (χ1n) is 19.1. The molecule has 2 aromatic carbocycles. The normalized spacial score (nSPS) is 19.6. The van der Waals surface area contributed by atoms with Crippen LogP contribution in [0.5, 0.6) is 0 Å². The average molecular weight is 801 g/mol. The summed E-state index contributed by atoms with van der Waals surface area (Å²) >= 11 is 1.72. The van der Waals surface area contributed by atoms with E-state index < -0.39 is 30.4 Å². The number of rotatable bonds is 13. The number of thioether (sulfide) groups is 1. The zero-order valence-electron chi connectivity index (χ0n) is 33.4. The summed E-state index contributed by atoms with van der Waals surface area (Å²) in [5.41, 5.74) is 5.69.